The Labute approximate surface area is 103 Å². The van der Waals surface area contributed by atoms with Crippen LogP contribution in [0.4, 0.5) is 14.6 Å². The number of anilines is 1. The van der Waals surface area contributed by atoms with Gasteiger partial charge in [-0.25, -0.2) is 13.8 Å². The summed E-state index contributed by atoms with van der Waals surface area (Å²) in [6.45, 7) is 2.69. The third kappa shape index (κ3) is 2.94. The molecule has 1 aromatic heterocycles. The van der Waals surface area contributed by atoms with Crippen molar-refractivity contribution in [3.8, 4) is 11.5 Å². The van der Waals surface area contributed by atoms with Crippen molar-refractivity contribution in [3.63, 3.8) is 0 Å². The normalized spacial score (nSPS) is 10.2. The van der Waals surface area contributed by atoms with Gasteiger partial charge in [0.15, 0.2) is 11.6 Å². The van der Waals surface area contributed by atoms with E-state index in [1.807, 2.05) is 6.92 Å². The van der Waals surface area contributed by atoms with Crippen LogP contribution in [0.25, 0.3) is 0 Å². The molecule has 3 nitrogen and oxygen atoms in total. The Morgan fingerprint density at radius 2 is 1.89 bits per heavy atom. The quantitative estimate of drug-likeness (QED) is 0.900. The van der Waals surface area contributed by atoms with Gasteiger partial charge in [-0.2, -0.15) is 0 Å². The van der Waals surface area contributed by atoms with Crippen LogP contribution < -0.4 is 10.1 Å². The van der Waals surface area contributed by atoms with Gasteiger partial charge in [0.05, 0.1) is 0 Å². The largest absolute Gasteiger partial charge is 0.457 e. The summed E-state index contributed by atoms with van der Waals surface area (Å²) >= 11 is 0. The van der Waals surface area contributed by atoms with Crippen molar-refractivity contribution in [1.82, 2.24) is 4.98 Å². The second-order valence-corrected chi connectivity index (χ2v) is 3.59. The highest BCUT2D eigenvalue weighted by molar-refractivity contribution is 5.42. The number of rotatable bonds is 4. The van der Waals surface area contributed by atoms with Crippen LogP contribution in [-0.2, 0) is 0 Å². The van der Waals surface area contributed by atoms with E-state index in [1.54, 1.807) is 18.3 Å². The number of aromatic nitrogens is 1. The van der Waals surface area contributed by atoms with E-state index in [1.165, 1.54) is 6.07 Å². The highest BCUT2D eigenvalue weighted by Gasteiger charge is 2.05. The van der Waals surface area contributed by atoms with Crippen molar-refractivity contribution in [3.05, 3.63) is 48.2 Å². The summed E-state index contributed by atoms with van der Waals surface area (Å²) in [7, 11) is 0. The molecule has 0 aliphatic carbocycles. The van der Waals surface area contributed by atoms with E-state index in [0.29, 0.717) is 11.6 Å². The number of benzene rings is 1. The van der Waals surface area contributed by atoms with Gasteiger partial charge < -0.3 is 10.1 Å². The molecule has 94 valence electrons. The molecule has 2 aromatic rings. The maximum atomic E-state index is 13.0. The number of hydrogen-bond donors (Lipinski definition) is 1. The number of pyridine rings is 1. The van der Waals surface area contributed by atoms with Crippen molar-refractivity contribution in [2.24, 2.45) is 0 Å². The van der Waals surface area contributed by atoms with Gasteiger partial charge in [0.2, 0.25) is 0 Å². The molecule has 1 aromatic carbocycles. The third-order valence-electron chi connectivity index (χ3n) is 2.22. The topological polar surface area (TPSA) is 34.1 Å². The summed E-state index contributed by atoms with van der Waals surface area (Å²) < 4.78 is 31.2. The number of nitrogens with zero attached hydrogens (tertiary/aromatic N) is 1. The molecular formula is C13H12F2N2O. The fourth-order valence-corrected chi connectivity index (χ4v) is 1.43. The Hall–Kier alpha value is -2.17. The molecule has 0 saturated carbocycles. The van der Waals surface area contributed by atoms with Crippen molar-refractivity contribution < 1.29 is 13.5 Å². The Morgan fingerprint density at radius 1 is 1.11 bits per heavy atom. The summed E-state index contributed by atoms with van der Waals surface area (Å²) in [5, 5.41) is 3.03. The molecule has 0 aliphatic rings. The zero-order valence-electron chi connectivity index (χ0n) is 9.78. The van der Waals surface area contributed by atoms with Crippen LogP contribution in [0.5, 0.6) is 11.5 Å². The number of halogens is 2. The van der Waals surface area contributed by atoms with Crippen LogP contribution in [0.1, 0.15) is 6.92 Å². The Bertz CT molecular complexity index is 546. The Morgan fingerprint density at radius 3 is 2.61 bits per heavy atom. The standard InChI is InChI=1S/C13H12F2N2O/c1-2-16-13-8-10(5-6-17-13)18-9-3-4-11(14)12(15)7-9/h3-8H,2H2,1H3,(H,16,17). The molecule has 5 heteroatoms. The molecular weight excluding hydrogens is 238 g/mol. The van der Waals surface area contributed by atoms with Crippen LogP contribution >= 0.6 is 0 Å². The van der Waals surface area contributed by atoms with Crippen LogP contribution in [-0.4, -0.2) is 11.5 Å². The fourth-order valence-electron chi connectivity index (χ4n) is 1.43. The lowest BCUT2D eigenvalue weighted by Crippen LogP contribution is -1.98. The van der Waals surface area contributed by atoms with Gasteiger partial charge in [-0.15, -0.1) is 0 Å². The van der Waals surface area contributed by atoms with Crippen molar-refractivity contribution in [2.75, 3.05) is 11.9 Å². The minimum atomic E-state index is -0.937. The zero-order chi connectivity index (χ0) is 13.0. The molecule has 0 saturated heterocycles. The SMILES string of the molecule is CCNc1cc(Oc2ccc(F)c(F)c2)ccn1. The predicted molar refractivity (Wildman–Crippen MR) is 64.8 cm³/mol. The van der Waals surface area contributed by atoms with Gasteiger partial charge >= 0.3 is 0 Å². The maximum absolute atomic E-state index is 13.0. The first-order chi connectivity index (χ1) is 8.69. The van der Waals surface area contributed by atoms with Gasteiger partial charge in [0, 0.05) is 24.9 Å². The van der Waals surface area contributed by atoms with Crippen LogP contribution in [0.2, 0.25) is 0 Å². The van der Waals surface area contributed by atoms with E-state index in [4.69, 9.17) is 4.74 Å². The summed E-state index contributed by atoms with van der Waals surface area (Å²) in [6, 6.07) is 6.72. The van der Waals surface area contributed by atoms with Crippen molar-refractivity contribution in [1.29, 1.82) is 0 Å². The van der Waals surface area contributed by atoms with E-state index >= 15 is 0 Å². The number of ether oxygens (including phenoxy) is 1. The van der Waals surface area contributed by atoms with Gasteiger partial charge in [0.1, 0.15) is 17.3 Å². The van der Waals surface area contributed by atoms with Gasteiger partial charge in [-0.05, 0) is 25.1 Å². The van der Waals surface area contributed by atoms with E-state index in [0.717, 1.165) is 18.7 Å². The summed E-state index contributed by atoms with van der Waals surface area (Å²) in [5.74, 6) is -0.425. The van der Waals surface area contributed by atoms with Crippen LogP contribution in [0, 0.1) is 11.6 Å². The molecule has 0 radical (unpaired) electrons. The van der Waals surface area contributed by atoms with Gasteiger partial charge in [-0.3, -0.25) is 0 Å². The minimum absolute atomic E-state index is 0.238. The molecule has 1 heterocycles. The Balaban J connectivity index is 2.17. The van der Waals surface area contributed by atoms with Gasteiger partial charge in [0.25, 0.3) is 0 Å². The average Bonchev–Trinajstić information content (AvgIpc) is 2.35. The van der Waals surface area contributed by atoms with E-state index < -0.39 is 11.6 Å². The second-order valence-electron chi connectivity index (χ2n) is 3.59. The molecule has 1 N–H and O–H groups in total. The van der Waals surface area contributed by atoms with E-state index in [-0.39, 0.29) is 5.75 Å². The molecule has 0 fully saturated rings. The van der Waals surface area contributed by atoms with E-state index in [9.17, 15) is 8.78 Å². The molecule has 0 spiro atoms. The summed E-state index contributed by atoms with van der Waals surface area (Å²) in [4.78, 5) is 4.08. The van der Waals surface area contributed by atoms with Crippen LogP contribution in [0.15, 0.2) is 36.5 Å². The molecule has 18 heavy (non-hydrogen) atoms. The first-order valence-corrected chi connectivity index (χ1v) is 5.52. The lowest BCUT2D eigenvalue weighted by Gasteiger charge is -2.07. The van der Waals surface area contributed by atoms with Crippen LogP contribution in [0.3, 0.4) is 0 Å². The average molecular weight is 250 g/mol. The Kier molecular flexibility index (Phi) is 3.72. The number of nitrogens with one attached hydrogen (secondary N) is 1. The molecule has 0 amide bonds. The molecule has 0 aliphatic heterocycles. The maximum Gasteiger partial charge on any atom is 0.162 e. The molecule has 0 atom stereocenters. The van der Waals surface area contributed by atoms with Crippen molar-refractivity contribution >= 4 is 5.82 Å². The lowest BCUT2D eigenvalue weighted by atomic mass is 10.3. The number of hydrogen-bond acceptors (Lipinski definition) is 3. The summed E-state index contributed by atoms with van der Waals surface area (Å²) in [5.41, 5.74) is 0. The second kappa shape index (κ2) is 5.44. The van der Waals surface area contributed by atoms with Crippen molar-refractivity contribution in [2.45, 2.75) is 6.92 Å². The molecule has 0 unspecified atom stereocenters. The van der Waals surface area contributed by atoms with E-state index in [2.05, 4.69) is 10.3 Å². The highest BCUT2D eigenvalue weighted by atomic mass is 19.2. The predicted octanol–water partition coefficient (Wildman–Crippen LogP) is 3.58. The lowest BCUT2D eigenvalue weighted by molar-refractivity contribution is 0.461. The minimum Gasteiger partial charge on any atom is -0.457 e. The fraction of sp³-hybridized carbons (Fsp3) is 0.154. The zero-order valence-corrected chi connectivity index (χ0v) is 9.78. The third-order valence-corrected chi connectivity index (χ3v) is 2.22. The molecule has 2 rings (SSSR count). The highest BCUT2D eigenvalue weighted by Crippen LogP contribution is 2.24. The first-order valence-electron chi connectivity index (χ1n) is 5.52. The summed E-state index contributed by atoms with van der Waals surface area (Å²) in [6.07, 6.45) is 1.58. The van der Waals surface area contributed by atoms with Gasteiger partial charge in [-0.1, -0.05) is 0 Å². The molecule has 0 bridgehead atoms. The smallest absolute Gasteiger partial charge is 0.162 e. The first kappa shape index (κ1) is 12.3. The monoisotopic (exact) mass is 250 g/mol.